The van der Waals surface area contributed by atoms with Crippen molar-refractivity contribution in [3.8, 4) is 0 Å². The smallest absolute Gasteiger partial charge is 0.335 e. The van der Waals surface area contributed by atoms with Gasteiger partial charge in [-0.1, -0.05) is 0 Å². The molecule has 4 nitrogen and oxygen atoms in total. The Morgan fingerprint density at radius 2 is 2.08 bits per heavy atom. The third-order valence-corrected chi connectivity index (χ3v) is 1.76. The summed E-state index contributed by atoms with van der Waals surface area (Å²) in [5.74, 6) is -0.961. The van der Waals surface area contributed by atoms with Crippen LogP contribution in [0.25, 0.3) is 0 Å². The molecule has 0 saturated carbocycles. The Labute approximate surface area is 76.6 Å². The van der Waals surface area contributed by atoms with Gasteiger partial charge in [-0.15, -0.1) is 0 Å². The third-order valence-electron chi connectivity index (χ3n) is 1.76. The van der Waals surface area contributed by atoms with Crippen molar-refractivity contribution >= 4 is 17.3 Å². The molecule has 13 heavy (non-hydrogen) atoms. The summed E-state index contributed by atoms with van der Waals surface area (Å²) < 4.78 is 0. The van der Waals surface area contributed by atoms with Gasteiger partial charge in [0.05, 0.1) is 16.9 Å². The minimum absolute atomic E-state index is 0.211. The third kappa shape index (κ3) is 1.90. The van der Waals surface area contributed by atoms with Gasteiger partial charge in [0.15, 0.2) is 0 Å². The number of nitrogen functional groups attached to an aromatic ring is 1. The van der Waals surface area contributed by atoms with Crippen LogP contribution in [0, 0.1) is 0 Å². The molecule has 0 bridgehead atoms. The van der Waals surface area contributed by atoms with E-state index in [0.717, 1.165) is 5.69 Å². The Morgan fingerprint density at radius 3 is 2.46 bits per heavy atom. The summed E-state index contributed by atoms with van der Waals surface area (Å²) in [5, 5.41) is 8.67. The Morgan fingerprint density at radius 1 is 1.46 bits per heavy atom. The zero-order valence-corrected chi connectivity index (χ0v) is 7.61. The number of carboxylic acids is 1. The number of rotatable bonds is 2. The molecule has 0 fully saturated rings. The molecule has 1 aromatic carbocycles. The van der Waals surface area contributed by atoms with E-state index in [-0.39, 0.29) is 5.56 Å². The highest BCUT2D eigenvalue weighted by atomic mass is 16.4. The van der Waals surface area contributed by atoms with E-state index in [1.165, 1.54) is 12.1 Å². The molecule has 0 atom stereocenters. The summed E-state index contributed by atoms with van der Waals surface area (Å²) in [4.78, 5) is 12.4. The molecule has 70 valence electrons. The number of nitrogens with zero attached hydrogens (tertiary/aromatic N) is 1. The minimum atomic E-state index is -0.961. The lowest BCUT2D eigenvalue weighted by atomic mass is 10.1. The van der Waals surface area contributed by atoms with Crippen molar-refractivity contribution in [1.82, 2.24) is 0 Å². The Kier molecular flexibility index (Phi) is 2.41. The van der Waals surface area contributed by atoms with E-state index < -0.39 is 5.97 Å². The molecule has 0 radical (unpaired) electrons. The van der Waals surface area contributed by atoms with E-state index in [1.807, 2.05) is 19.0 Å². The van der Waals surface area contributed by atoms with Crippen molar-refractivity contribution in [3.63, 3.8) is 0 Å². The van der Waals surface area contributed by atoms with Crippen LogP contribution in [0.15, 0.2) is 18.2 Å². The number of hydrogen-bond acceptors (Lipinski definition) is 3. The number of aromatic carboxylic acids is 1. The zero-order chi connectivity index (χ0) is 10.0. The van der Waals surface area contributed by atoms with Crippen molar-refractivity contribution < 1.29 is 9.90 Å². The topological polar surface area (TPSA) is 66.6 Å². The maximum absolute atomic E-state index is 10.6. The van der Waals surface area contributed by atoms with Gasteiger partial charge in [0.1, 0.15) is 0 Å². The second-order valence-electron chi connectivity index (χ2n) is 2.97. The monoisotopic (exact) mass is 180 g/mol. The van der Waals surface area contributed by atoms with Crippen molar-refractivity contribution in [3.05, 3.63) is 23.8 Å². The van der Waals surface area contributed by atoms with Crippen LogP contribution in [0.2, 0.25) is 0 Å². The lowest BCUT2D eigenvalue weighted by Gasteiger charge is -2.15. The van der Waals surface area contributed by atoms with E-state index in [9.17, 15) is 4.79 Å². The van der Waals surface area contributed by atoms with Crippen molar-refractivity contribution in [2.24, 2.45) is 0 Å². The molecule has 0 saturated heterocycles. The fourth-order valence-electron chi connectivity index (χ4n) is 1.09. The molecular formula is C9H12N2O2. The fraction of sp³-hybridized carbons (Fsp3) is 0.222. The molecule has 1 rings (SSSR count). The van der Waals surface area contributed by atoms with E-state index in [1.54, 1.807) is 6.07 Å². The predicted molar refractivity (Wildman–Crippen MR) is 52.1 cm³/mol. The highest BCUT2D eigenvalue weighted by Gasteiger charge is 2.06. The maximum atomic E-state index is 10.6. The molecule has 0 aromatic heterocycles. The van der Waals surface area contributed by atoms with E-state index in [2.05, 4.69) is 0 Å². The molecule has 0 spiro atoms. The molecule has 4 heteroatoms. The molecule has 0 aliphatic carbocycles. The van der Waals surface area contributed by atoms with Crippen LogP contribution < -0.4 is 10.6 Å². The number of nitrogens with two attached hydrogens (primary N) is 1. The molecule has 3 N–H and O–H groups in total. The van der Waals surface area contributed by atoms with Crippen LogP contribution in [0.5, 0.6) is 0 Å². The largest absolute Gasteiger partial charge is 0.478 e. The van der Waals surface area contributed by atoms with Crippen LogP contribution in [-0.4, -0.2) is 25.2 Å². The molecule has 0 aliphatic rings. The Balaban J connectivity index is 3.13. The quantitative estimate of drug-likeness (QED) is 0.667. The zero-order valence-electron chi connectivity index (χ0n) is 7.61. The first-order valence-corrected chi connectivity index (χ1v) is 3.82. The first-order valence-electron chi connectivity index (χ1n) is 3.82. The van der Waals surface area contributed by atoms with Gasteiger partial charge in [0.25, 0.3) is 0 Å². The summed E-state index contributed by atoms with van der Waals surface area (Å²) in [6.07, 6.45) is 0. The van der Waals surface area contributed by atoms with Gasteiger partial charge in [0, 0.05) is 14.1 Å². The number of benzene rings is 1. The average Bonchev–Trinajstić information content (AvgIpc) is 2.03. The first-order chi connectivity index (χ1) is 6.02. The Bertz CT molecular complexity index is 334. The van der Waals surface area contributed by atoms with Crippen molar-refractivity contribution in [2.45, 2.75) is 0 Å². The summed E-state index contributed by atoms with van der Waals surface area (Å²) in [6, 6.07) is 4.69. The number of anilines is 2. The van der Waals surface area contributed by atoms with Crippen LogP contribution in [0.1, 0.15) is 10.4 Å². The highest BCUT2D eigenvalue weighted by Crippen LogP contribution is 2.21. The van der Waals surface area contributed by atoms with Gasteiger partial charge >= 0.3 is 5.97 Å². The van der Waals surface area contributed by atoms with Gasteiger partial charge in [0.2, 0.25) is 0 Å². The minimum Gasteiger partial charge on any atom is -0.478 e. The number of hydrogen-bond donors (Lipinski definition) is 2. The SMILES string of the molecule is CN(C)c1ccc(C(=O)O)cc1N. The molecule has 0 heterocycles. The van der Waals surface area contributed by atoms with Gasteiger partial charge in [-0.2, -0.15) is 0 Å². The van der Waals surface area contributed by atoms with Gasteiger partial charge in [-0.3, -0.25) is 0 Å². The molecule has 0 amide bonds. The number of carbonyl (C=O) groups is 1. The summed E-state index contributed by atoms with van der Waals surface area (Å²) in [7, 11) is 3.71. The van der Waals surface area contributed by atoms with Gasteiger partial charge < -0.3 is 15.7 Å². The average molecular weight is 180 g/mol. The van der Waals surface area contributed by atoms with Crippen LogP contribution >= 0.6 is 0 Å². The summed E-state index contributed by atoms with van der Waals surface area (Å²) in [6.45, 7) is 0. The Hall–Kier alpha value is -1.71. The second kappa shape index (κ2) is 3.35. The van der Waals surface area contributed by atoms with Crippen LogP contribution in [-0.2, 0) is 0 Å². The van der Waals surface area contributed by atoms with Crippen LogP contribution in [0.4, 0.5) is 11.4 Å². The second-order valence-corrected chi connectivity index (χ2v) is 2.97. The van der Waals surface area contributed by atoms with E-state index in [0.29, 0.717) is 5.69 Å². The van der Waals surface area contributed by atoms with E-state index >= 15 is 0 Å². The van der Waals surface area contributed by atoms with Crippen LogP contribution in [0.3, 0.4) is 0 Å². The van der Waals surface area contributed by atoms with E-state index in [4.69, 9.17) is 10.8 Å². The molecule has 1 aromatic rings. The van der Waals surface area contributed by atoms with Crippen molar-refractivity contribution in [1.29, 1.82) is 0 Å². The van der Waals surface area contributed by atoms with Gasteiger partial charge in [-0.25, -0.2) is 4.79 Å². The molecule has 0 aliphatic heterocycles. The fourth-order valence-corrected chi connectivity index (χ4v) is 1.09. The van der Waals surface area contributed by atoms with Gasteiger partial charge in [-0.05, 0) is 18.2 Å². The van der Waals surface area contributed by atoms with Crippen molar-refractivity contribution in [2.75, 3.05) is 24.7 Å². The molecule has 0 unspecified atom stereocenters. The highest BCUT2D eigenvalue weighted by molar-refractivity contribution is 5.90. The first kappa shape index (κ1) is 9.38. The summed E-state index contributed by atoms with van der Waals surface area (Å²) in [5.41, 5.74) is 7.17. The normalized spacial score (nSPS) is 9.69. The standard InChI is InChI=1S/C9H12N2O2/c1-11(2)8-4-3-6(9(12)13)5-7(8)10/h3-5H,10H2,1-2H3,(H,12,13). The maximum Gasteiger partial charge on any atom is 0.335 e. The lowest BCUT2D eigenvalue weighted by molar-refractivity contribution is 0.0697. The lowest BCUT2D eigenvalue weighted by Crippen LogP contribution is -2.11. The predicted octanol–water partition coefficient (Wildman–Crippen LogP) is 1.03. The number of carboxylic acid groups (broad SMARTS) is 1. The summed E-state index contributed by atoms with van der Waals surface area (Å²) >= 11 is 0. The molecular weight excluding hydrogens is 168 g/mol.